The van der Waals surface area contributed by atoms with Crippen molar-refractivity contribution in [2.75, 3.05) is 20.2 Å². The number of allylic oxidation sites excluding steroid dienone is 1. The fourth-order valence-electron chi connectivity index (χ4n) is 1.10. The summed E-state index contributed by atoms with van der Waals surface area (Å²) in [7, 11) is 1.63. The Kier molecular flexibility index (Phi) is 6.89. The number of nitrogens with one attached hydrogen (secondary N) is 1. The summed E-state index contributed by atoms with van der Waals surface area (Å²) in [4.78, 5) is 34.7. The highest BCUT2D eigenvalue weighted by Crippen LogP contribution is 2.05. The van der Waals surface area contributed by atoms with Gasteiger partial charge >= 0.3 is 5.97 Å². The lowest BCUT2D eigenvalue weighted by atomic mass is 10.0. The van der Waals surface area contributed by atoms with Gasteiger partial charge in [-0.05, 0) is 27.8 Å². The Labute approximate surface area is 107 Å². The van der Waals surface area contributed by atoms with Crippen molar-refractivity contribution >= 4 is 18.3 Å². The number of likely N-dealkylation sites (N-methyl/N-ethyl adjacent to an activating group) is 1. The summed E-state index contributed by atoms with van der Waals surface area (Å²) in [5.41, 5.74) is -0.839. The van der Waals surface area contributed by atoms with E-state index in [1.807, 2.05) is 0 Å². The first kappa shape index (κ1) is 16.3. The van der Waals surface area contributed by atoms with E-state index < -0.39 is 11.5 Å². The van der Waals surface area contributed by atoms with Gasteiger partial charge in [-0.15, -0.1) is 0 Å². The summed E-state index contributed by atoms with van der Waals surface area (Å²) in [6, 6.07) is 0. The van der Waals surface area contributed by atoms with Crippen LogP contribution in [0, 0.1) is 0 Å². The van der Waals surface area contributed by atoms with Crippen LogP contribution in [0.1, 0.15) is 20.8 Å². The molecule has 18 heavy (non-hydrogen) atoms. The molecular weight excluding hydrogens is 236 g/mol. The van der Waals surface area contributed by atoms with Gasteiger partial charge in [-0.1, -0.05) is 6.08 Å². The molecule has 1 N–H and O–H groups in total. The topological polar surface area (TPSA) is 75.7 Å². The van der Waals surface area contributed by atoms with Crippen LogP contribution in [0.3, 0.4) is 0 Å². The van der Waals surface area contributed by atoms with Crippen LogP contribution in [0.4, 0.5) is 0 Å². The average Bonchev–Trinajstić information content (AvgIpc) is 2.34. The number of ether oxygens (including phenoxy) is 1. The van der Waals surface area contributed by atoms with Crippen LogP contribution in [0.15, 0.2) is 12.2 Å². The Bertz CT molecular complexity index is 337. The molecule has 0 aliphatic carbocycles. The zero-order chi connectivity index (χ0) is 14.2. The molecule has 102 valence electrons. The molecule has 0 aliphatic heterocycles. The van der Waals surface area contributed by atoms with Crippen LogP contribution in [-0.4, -0.2) is 48.9 Å². The van der Waals surface area contributed by atoms with E-state index >= 15 is 0 Å². The van der Waals surface area contributed by atoms with Crippen molar-refractivity contribution in [1.29, 1.82) is 0 Å². The van der Waals surface area contributed by atoms with Crippen molar-refractivity contribution in [3.8, 4) is 0 Å². The number of rotatable bonds is 7. The number of amides is 2. The third kappa shape index (κ3) is 5.09. The quantitative estimate of drug-likeness (QED) is 0.397. The lowest BCUT2D eigenvalue weighted by Crippen LogP contribution is -2.53. The molecule has 0 aromatic heterocycles. The first-order valence-corrected chi connectivity index (χ1v) is 5.63. The molecule has 0 bridgehead atoms. The van der Waals surface area contributed by atoms with Gasteiger partial charge in [0, 0.05) is 6.08 Å². The molecule has 0 atom stereocenters. The summed E-state index contributed by atoms with van der Waals surface area (Å²) in [5.74, 6) is -0.870. The summed E-state index contributed by atoms with van der Waals surface area (Å²) < 4.78 is 4.81. The molecule has 6 nitrogen and oxygen atoms in total. The smallest absolute Gasteiger partial charge is 0.330 e. The molecule has 0 saturated heterocycles. The normalized spacial score (nSPS) is 11.3. The van der Waals surface area contributed by atoms with E-state index in [9.17, 15) is 14.4 Å². The van der Waals surface area contributed by atoms with Crippen molar-refractivity contribution in [3.63, 3.8) is 0 Å². The van der Waals surface area contributed by atoms with Crippen molar-refractivity contribution in [2.24, 2.45) is 0 Å². The van der Waals surface area contributed by atoms with Gasteiger partial charge in [-0.3, -0.25) is 14.5 Å². The number of imide groups is 1. The van der Waals surface area contributed by atoms with Gasteiger partial charge in [0.2, 0.25) is 12.3 Å². The van der Waals surface area contributed by atoms with Gasteiger partial charge in [0.1, 0.15) is 6.61 Å². The zero-order valence-electron chi connectivity index (χ0n) is 11.2. The SMILES string of the molecule is C/C=C/C(=O)OCCN(C=O)C(=O)C(C)(C)NC. The first-order chi connectivity index (χ1) is 8.38. The minimum Gasteiger partial charge on any atom is -0.461 e. The van der Waals surface area contributed by atoms with Gasteiger partial charge in [0.05, 0.1) is 12.1 Å². The lowest BCUT2D eigenvalue weighted by Gasteiger charge is -2.27. The van der Waals surface area contributed by atoms with Gasteiger partial charge in [0.15, 0.2) is 0 Å². The van der Waals surface area contributed by atoms with Gasteiger partial charge in [-0.2, -0.15) is 0 Å². The highest BCUT2D eigenvalue weighted by molar-refractivity contribution is 5.92. The number of hydrogen-bond donors (Lipinski definition) is 1. The molecular formula is C12H20N2O4. The molecule has 0 saturated carbocycles. The number of nitrogens with zero attached hydrogens (tertiary/aromatic N) is 1. The van der Waals surface area contributed by atoms with E-state index in [1.165, 1.54) is 6.08 Å². The number of esters is 1. The molecule has 0 spiro atoms. The van der Waals surface area contributed by atoms with Crippen molar-refractivity contribution in [3.05, 3.63) is 12.2 Å². The maximum absolute atomic E-state index is 11.9. The minimum atomic E-state index is -0.839. The minimum absolute atomic E-state index is 0.0204. The third-order valence-electron chi connectivity index (χ3n) is 2.43. The third-order valence-corrected chi connectivity index (χ3v) is 2.43. The molecule has 0 unspecified atom stereocenters. The van der Waals surface area contributed by atoms with Crippen LogP contribution in [-0.2, 0) is 19.1 Å². The second-order valence-corrected chi connectivity index (χ2v) is 4.15. The molecule has 0 heterocycles. The summed E-state index contributed by atoms with van der Waals surface area (Å²) in [5, 5.41) is 2.81. The van der Waals surface area contributed by atoms with Crippen LogP contribution in [0.25, 0.3) is 0 Å². The molecule has 0 fully saturated rings. The predicted octanol–water partition coefficient (Wildman–Crippen LogP) is 0.0887. The molecule has 2 amide bonds. The Hall–Kier alpha value is -1.69. The molecule has 0 rings (SSSR count). The Morgan fingerprint density at radius 3 is 2.44 bits per heavy atom. The summed E-state index contributed by atoms with van der Waals surface area (Å²) >= 11 is 0. The Morgan fingerprint density at radius 2 is 2.00 bits per heavy atom. The van der Waals surface area contributed by atoms with Crippen LogP contribution in [0.2, 0.25) is 0 Å². The molecule has 6 heteroatoms. The predicted molar refractivity (Wildman–Crippen MR) is 66.7 cm³/mol. The number of hydrogen-bond acceptors (Lipinski definition) is 5. The van der Waals surface area contributed by atoms with Gasteiger partial charge < -0.3 is 10.1 Å². The van der Waals surface area contributed by atoms with Gasteiger partial charge in [0.25, 0.3) is 0 Å². The van der Waals surface area contributed by atoms with Crippen molar-refractivity contribution in [1.82, 2.24) is 10.2 Å². The molecule has 0 aromatic carbocycles. The fraction of sp³-hybridized carbons (Fsp3) is 0.583. The van der Waals surface area contributed by atoms with E-state index in [4.69, 9.17) is 4.74 Å². The monoisotopic (exact) mass is 256 g/mol. The van der Waals surface area contributed by atoms with E-state index in [-0.39, 0.29) is 19.1 Å². The zero-order valence-corrected chi connectivity index (χ0v) is 11.2. The van der Waals surface area contributed by atoms with Crippen molar-refractivity contribution < 1.29 is 19.1 Å². The lowest BCUT2D eigenvalue weighted by molar-refractivity contribution is -0.146. The number of carbonyl (C=O) groups excluding carboxylic acids is 3. The number of carbonyl (C=O) groups is 3. The highest BCUT2D eigenvalue weighted by atomic mass is 16.5. The van der Waals surface area contributed by atoms with E-state index in [2.05, 4.69) is 5.32 Å². The maximum atomic E-state index is 11.9. The second-order valence-electron chi connectivity index (χ2n) is 4.15. The molecule has 0 aromatic rings. The largest absolute Gasteiger partial charge is 0.461 e. The molecule has 0 aliphatic rings. The van der Waals surface area contributed by atoms with E-state index in [0.29, 0.717) is 6.41 Å². The van der Waals surface area contributed by atoms with Crippen LogP contribution >= 0.6 is 0 Å². The highest BCUT2D eigenvalue weighted by Gasteiger charge is 2.30. The Morgan fingerprint density at radius 1 is 1.39 bits per heavy atom. The first-order valence-electron chi connectivity index (χ1n) is 5.63. The summed E-state index contributed by atoms with van der Waals surface area (Å²) in [6.45, 7) is 5.04. The summed E-state index contributed by atoms with van der Waals surface area (Å²) in [6.07, 6.45) is 3.25. The maximum Gasteiger partial charge on any atom is 0.330 e. The molecule has 0 radical (unpaired) electrons. The second kappa shape index (κ2) is 7.60. The van der Waals surface area contributed by atoms with Crippen molar-refractivity contribution in [2.45, 2.75) is 26.3 Å². The Balaban J connectivity index is 4.33. The fourth-order valence-corrected chi connectivity index (χ4v) is 1.10. The van der Waals surface area contributed by atoms with Crippen LogP contribution < -0.4 is 5.32 Å². The van der Waals surface area contributed by atoms with E-state index in [1.54, 1.807) is 33.9 Å². The van der Waals surface area contributed by atoms with Crippen LogP contribution in [0.5, 0.6) is 0 Å². The van der Waals surface area contributed by atoms with Gasteiger partial charge in [-0.25, -0.2) is 4.79 Å². The average molecular weight is 256 g/mol. The standard InChI is InChI=1S/C12H20N2O4/c1-5-6-10(16)18-8-7-14(9-15)11(17)12(2,3)13-4/h5-6,9,13H,7-8H2,1-4H3/b6-5+. The van der Waals surface area contributed by atoms with E-state index in [0.717, 1.165) is 4.90 Å².